The first kappa shape index (κ1) is 13.3. The first-order valence-corrected chi connectivity index (χ1v) is 5.15. The van der Waals surface area contributed by atoms with Gasteiger partial charge in [0.2, 0.25) is 0 Å². The Balaban J connectivity index is 3.25. The molecular weight excluding hydrogens is 246 g/mol. The molecule has 1 unspecified atom stereocenters. The molecule has 5 nitrogen and oxygen atoms in total. The molecule has 0 radical (unpaired) electrons. The molecule has 0 aliphatic carbocycles. The van der Waals surface area contributed by atoms with Crippen LogP contribution in [0.15, 0.2) is 35.4 Å². The van der Waals surface area contributed by atoms with E-state index in [4.69, 9.17) is 11.6 Å². The zero-order valence-electron chi connectivity index (χ0n) is 8.96. The predicted octanol–water partition coefficient (Wildman–Crippen LogP) is 2.34. The zero-order chi connectivity index (χ0) is 13.0. The van der Waals surface area contributed by atoms with Gasteiger partial charge >= 0.3 is 0 Å². The third kappa shape index (κ3) is 2.89. The summed E-state index contributed by atoms with van der Waals surface area (Å²) in [6.07, 6.45) is -1.40. The van der Waals surface area contributed by atoms with Crippen LogP contribution in [0.4, 0.5) is 5.69 Å². The molecule has 0 aliphatic rings. The van der Waals surface area contributed by atoms with Gasteiger partial charge < -0.3 is 5.11 Å². The van der Waals surface area contributed by atoms with Gasteiger partial charge in [-0.05, 0) is 13.0 Å². The van der Waals surface area contributed by atoms with Gasteiger partial charge in [0.1, 0.15) is 6.10 Å². The van der Waals surface area contributed by atoms with Gasteiger partial charge in [0.25, 0.3) is 5.69 Å². The van der Waals surface area contributed by atoms with Crippen LogP contribution in [0.1, 0.15) is 18.6 Å². The number of hydrogen-bond acceptors (Lipinski definition) is 4. The van der Waals surface area contributed by atoms with Crippen molar-refractivity contribution in [1.29, 1.82) is 0 Å². The number of para-hydroxylation sites is 1. The van der Waals surface area contributed by atoms with Gasteiger partial charge in [-0.3, -0.25) is 14.9 Å². The van der Waals surface area contributed by atoms with Crippen LogP contribution >= 0.6 is 11.6 Å². The highest BCUT2D eigenvalue weighted by Gasteiger charge is 2.24. The van der Waals surface area contributed by atoms with E-state index in [2.05, 4.69) is 0 Å². The number of benzene rings is 1. The lowest BCUT2D eigenvalue weighted by Gasteiger charge is -2.12. The fraction of sp³-hybridized carbons (Fsp3) is 0.182. The van der Waals surface area contributed by atoms with Gasteiger partial charge in [-0.2, -0.15) is 0 Å². The standard InChI is InChI=1S/C11H10ClNO4/c1-7(14)9(6-12)11(15)8-4-2-3-5-10(8)13(16)17/h2-6,11,15H,1H3/b9-6-. The lowest BCUT2D eigenvalue weighted by atomic mass is 9.99. The SMILES string of the molecule is CC(=O)/C(=C/Cl)C(O)c1ccccc1[N+](=O)[O-]. The Kier molecular flexibility index (Phi) is 4.37. The molecule has 0 aliphatic heterocycles. The summed E-state index contributed by atoms with van der Waals surface area (Å²) in [5, 5.41) is 20.7. The molecule has 0 aromatic heterocycles. The number of hydrogen-bond donors (Lipinski definition) is 1. The minimum atomic E-state index is -1.40. The Bertz CT molecular complexity index is 484. The summed E-state index contributed by atoms with van der Waals surface area (Å²) in [6.45, 7) is 1.23. The maximum Gasteiger partial charge on any atom is 0.275 e. The van der Waals surface area contributed by atoms with E-state index in [1.807, 2.05) is 0 Å². The third-order valence-electron chi connectivity index (χ3n) is 2.25. The Morgan fingerprint density at radius 3 is 2.59 bits per heavy atom. The van der Waals surface area contributed by atoms with Gasteiger partial charge in [-0.25, -0.2) is 0 Å². The summed E-state index contributed by atoms with van der Waals surface area (Å²) in [4.78, 5) is 21.3. The quantitative estimate of drug-likeness (QED) is 0.509. The van der Waals surface area contributed by atoms with Crippen LogP contribution in [0.25, 0.3) is 0 Å². The number of nitro benzene ring substituents is 1. The van der Waals surface area contributed by atoms with Crippen LogP contribution < -0.4 is 0 Å². The largest absolute Gasteiger partial charge is 0.383 e. The summed E-state index contributed by atoms with van der Waals surface area (Å²) >= 11 is 5.43. The van der Waals surface area contributed by atoms with E-state index in [1.165, 1.54) is 31.2 Å². The fourth-order valence-corrected chi connectivity index (χ4v) is 1.65. The lowest BCUT2D eigenvalue weighted by molar-refractivity contribution is -0.386. The summed E-state index contributed by atoms with van der Waals surface area (Å²) in [6, 6.07) is 5.65. The van der Waals surface area contributed by atoms with Crippen LogP contribution in [-0.4, -0.2) is 15.8 Å². The minimum absolute atomic E-state index is 0.0413. The van der Waals surface area contributed by atoms with Gasteiger partial charge in [0.15, 0.2) is 5.78 Å². The van der Waals surface area contributed by atoms with Crippen molar-refractivity contribution in [2.45, 2.75) is 13.0 Å². The van der Waals surface area contributed by atoms with E-state index in [1.54, 1.807) is 0 Å². The van der Waals surface area contributed by atoms with Crippen LogP contribution in [0.3, 0.4) is 0 Å². The van der Waals surface area contributed by atoms with E-state index < -0.39 is 16.8 Å². The molecule has 17 heavy (non-hydrogen) atoms. The molecule has 1 atom stereocenters. The Morgan fingerprint density at radius 2 is 2.12 bits per heavy atom. The lowest BCUT2D eigenvalue weighted by Crippen LogP contribution is -2.10. The highest BCUT2D eigenvalue weighted by molar-refractivity contribution is 6.27. The van der Waals surface area contributed by atoms with Crippen molar-refractivity contribution in [3.8, 4) is 0 Å². The molecule has 0 saturated heterocycles. The third-order valence-corrected chi connectivity index (χ3v) is 2.48. The predicted molar refractivity (Wildman–Crippen MR) is 62.7 cm³/mol. The second kappa shape index (κ2) is 5.56. The van der Waals surface area contributed by atoms with E-state index in [0.29, 0.717) is 0 Å². The number of carbonyl (C=O) groups is 1. The molecule has 0 bridgehead atoms. The highest BCUT2D eigenvalue weighted by atomic mass is 35.5. The van der Waals surface area contributed by atoms with Gasteiger partial charge in [0, 0.05) is 17.2 Å². The Hall–Kier alpha value is -1.72. The van der Waals surface area contributed by atoms with Crippen molar-refractivity contribution in [2.24, 2.45) is 0 Å². The summed E-state index contributed by atoms with van der Waals surface area (Å²) in [7, 11) is 0. The smallest absolute Gasteiger partial charge is 0.275 e. The van der Waals surface area contributed by atoms with E-state index in [0.717, 1.165) is 5.54 Å². The average molecular weight is 256 g/mol. The van der Waals surface area contributed by atoms with Crippen molar-refractivity contribution in [2.75, 3.05) is 0 Å². The van der Waals surface area contributed by atoms with E-state index >= 15 is 0 Å². The molecule has 1 N–H and O–H groups in total. The fourth-order valence-electron chi connectivity index (χ4n) is 1.38. The van der Waals surface area contributed by atoms with Crippen molar-refractivity contribution in [3.63, 3.8) is 0 Å². The molecule has 0 fully saturated rings. The molecule has 0 saturated carbocycles. The van der Waals surface area contributed by atoms with Gasteiger partial charge in [0.05, 0.1) is 10.5 Å². The van der Waals surface area contributed by atoms with Crippen molar-refractivity contribution < 1.29 is 14.8 Å². The van der Waals surface area contributed by atoms with Gasteiger partial charge in [-0.15, -0.1) is 0 Å². The molecule has 0 heterocycles. The maximum atomic E-state index is 11.2. The van der Waals surface area contributed by atoms with E-state index in [-0.39, 0.29) is 16.8 Å². The number of aliphatic hydroxyl groups excluding tert-OH is 1. The summed E-state index contributed by atoms with van der Waals surface area (Å²) < 4.78 is 0. The van der Waals surface area contributed by atoms with Crippen LogP contribution in [0.2, 0.25) is 0 Å². The Morgan fingerprint density at radius 1 is 1.53 bits per heavy atom. The number of nitrogens with zero attached hydrogens (tertiary/aromatic N) is 1. The number of ketones is 1. The normalized spacial score (nSPS) is 13.2. The van der Waals surface area contributed by atoms with Gasteiger partial charge in [-0.1, -0.05) is 23.7 Å². The van der Waals surface area contributed by atoms with Crippen molar-refractivity contribution in [1.82, 2.24) is 0 Å². The summed E-state index contributed by atoms with van der Waals surface area (Å²) in [5.41, 5.74) is 0.641. The van der Waals surface area contributed by atoms with E-state index in [9.17, 15) is 20.0 Å². The molecule has 1 rings (SSSR count). The number of halogens is 1. The van der Waals surface area contributed by atoms with Crippen LogP contribution in [0.5, 0.6) is 0 Å². The zero-order valence-corrected chi connectivity index (χ0v) is 9.72. The highest BCUT2D eigenvalue weighted by Crippen LogP contribution is 2.30. The second-order valence-electron chi connectivity index (χ2n) is 3.34. The van der Waals surface area contributed by atoms with Crippen molar-refractivity contribution in [3.05, 3.63) is 51.1 Å². The number of carbonyl (C=O) groups excluding carboxylic acids is 1. The molecular formula is C11H10ClNO4. The summed E-state index contributed by atoms with van der Waals surface area (Å²) in [5.74, 6) is -0.439. The minimum Gasteiger partial charge on any atom is -0.383 e. The second-order valence-corrected chi connectivity index (χ2v) is 3.56. The number of rotatable bonds is 4. The number of aliphatic hydroxyl groups is 1. The first-order valence-electron chi connectivity index (χ1n) is 4.71. The number of Topliss-reactive ketones (excluding diaryl/α,β-unsaturated/α-hetero) is 1. The van der Waals surface area contributed by atoms with Crippen molar-refractivity contribution >= 4 is 23.1 Å². The average Bonchev–Trinajstić information content (AvgIpc) is 2.29. The first-order chi connectivity index (χ1) is 7.99. The molecule has 1 aromatic rings. The topological polar surface area (TPSA) is 80.4 Å². The van der Waals surface area contributed by atoms with Crippen LogP contribution in [-0.2, 0) is 4.79 Å². The number of nitro groups is 1. The molecule has 0 spiro atoms. The monoisotopic (exact) mass is 255 g/mol. The molecule has 0 amide bonds. The maximum absolute atomic E-state index is 11.2. The molecule has 90 valence electrons. The molecule has 6 heteroatoms. The van der Waals surface area contributed by atoms with Crippen LogP contribution in [0, 0.1) is 10.1 Å². The Labute approximate surface area is 102 Å². The molecule has 1 aromatic carbocycles.